The molecule has 0 N–H and O–H groups in total. The normalized spacial score (nSPS) is 11.3. The third-order valence-corrected chi connectivity index (χ3v) is 3.30. The van der Waals surface area contributed by atoms with Crippen molar-refractivity contribution in [3.63, 3.8) is 0 Å². The van der Waals surface area contributed by atoms with Gasteiger partial charge >= 0.3 is 0 Å². The van der Waals surface area contributed by atoms with Crippen molar-refractivity contribution in [3.05, 3.63) is 23.3 Å². The molecule has 0 aliphatic carbocycles. The van der Waals surface area contributed by atoms with Crippen LogP contribution in [0.4, 0.5) is 0 Å². The zero-order valence-electron chi connectivity index (χ0n) is 10.4. The van der Waals surface area contributed by atoms with Crippen LogP contribution in [-0.2, 0) is 26.1 Å². The van der Waals surface area contributed by atoms with Crippen molar-refractivity contribution < 1.29 is 22.6 Å². The molecule has 0 saturated carbocycles. The largest absolute Gasteiger partial charge is 0.496 e. The molecule has 0 saturated heterocycles. The quantitative estimate of drug-likeness (QED) is 0.750. The van der Waals surface area contributed by atoms with Gasteiger partial charge in [-0.3, -0.25) is 0 Å². The fourth-order valence-electron chi connectivity index (χ4n) is 1.68. The molecule has 1 aromatic rings. The highest BCUT2D eigenvalue weighted by Crippen LogP contribution is 2.34. The second-order valence-corrected chi connectivity index (χ2v) is 6.33. The van der Waals surface area contributed by atoms with Crippen LogP contribution in [0.2, 0.25) is 0 Å². The van der Waals surface area contributed by atoms with E-state index in [1.165, 1.54) is 14.2 Å². The summed E-state index contributed by atoms with van der Waals surface area (Å²) >= 11 is 0. The topological polar surface area (TPSA) is 61.8 Å². The van der Waals surface area contributed by atoms with E-state index < -0.39 is 9.05 Å². The maximum absolute atomic E-state index is 11.2. The highest BCUT2D eigenvalue weighted by atomic mass is 35.7. The first-order chi connectivity index (χ1) is 8.42. The number of methoxy groups -OCH3 is 3. The fraction of sp³-hybridized carbons (Fsp3) is 0.455. The molecule has 0 amide bonds. The lowest BCUT2D eigenvalue weighted by molar-refractivity contribution is 0.181. The van der Waals surface area contributed by atoms with Gasteiger partial charge in [0.15, 0.2) is 0 Å². The second kappa shape index (κ2) is 6.26. The lowest BCUT2D eigenvalue weighted by Gasteiger charge is -2.15. The lowest BCUT2D eigenvalue weighted by Crippen LogP contribution is -2.05. The van der Waals surface area contributed by atoms with Crippen LogP contribution in [0.25, 0.3) is 0 Å². The summed E-state index contributed by atoms with van der Waals surface area (Å²) in [6, 6.07) is 3.42. The highest BCUT2D eigenvalue weighted by Gasteiger charge is 2.20. The summed E-state index contributed by atoms with van der Waals surface area (Å²) in [5.74, 6) is 0.467. The average molecular weight is 295 g/mol. The molecule has 5 nitrogen and oxygen atoms in total. The minimum atomic E-state index is -3.70. The molecule has 18 heavy (non-hydrogen) atoms. The van der Waals surface area contributed by atoms with Gasteiger partial charge in [0.25, 0.3) is 0 Å². The Balaban J connectivity index is 3.36. The zero-order valence-corrected chi connectivity index (χ0v) is 12.0. The first kappa shape index (κ1) is 15.1. The molecule has 1 rings (SSSR count). The van der Waals surface area contributed by atoms with Gasteiger partial charge in [-0.1, -0.05) is 0 Å². The van der Waals surface area contributed by atoms with E-state index in [-0.39, 0.29) is 5.75 Å². The standard InChI is InChI=1S/C11H15ClO5S/c1-15-6-8-4-5-10(16-2)9(11(8)17-3)7-18(12,13)14/h4-5H,6-7H2,1-3H3. The van der Waals surface area contributed by atoms with Crippen molar-refractivity contribution in [3.8, 4) is 11.5 Å². The smallest absolute Gasteiger partial charge is 0.237 e. The first-order valence-electron chi connectivity index (χ1n) is 5.07. The number of benzene rings is 1. The van der Waals surface area contributed by atoms with Crippen LogP contribution in [0, 0.1) is 0 Å². The molecule has 0 aliphatic rings. The summed E-state index contributed by atoms with van der Waals surface area (Å²) in [5, 5.41) is 0. The molecular formula is C11H15ClO5S. The number of hydrogen-bond donors (Lipinski definition) is 0. The van der Waals surface area contributed by atoms with Gasteiger partial charge in [-0.25, -0.2) is 8.42 Å². The summed E-state index contributed by atoms with van der Waals surface area (Å²) < 4.78 is 37.8. The minimum absolute atomic E-state index is 0.308. The predicted octanol–water partition coefficient (Wildman–Crippen LogP) is 1.92. The van der Waals surface area contributed by atoms with E-state index in [0.717, 1.165) is 5.56 Å². The summed E-state index contributed by atoms with van der Waals surface area (Å²) in [5.41, 5.74) is 1.13. The van der Waals surface area contributed by atoms with Crippen molar-refractivity contribution in [2.45, 2.75) is 12.4 Å². The van der Waals surface area contributed by atoms with Crippen molar-refractivity contribution >= 4 is 19.7 Å². The maximum atomic E-state index is 11.2. The number of halogens is 1. The number of ether oxygens (including phenoxy) is 3. The van der Waals surface area contributed by atoms with Crippen LogP contribution in [0.15, 0.2) is 12.1 Å². The molecule has 0 atom stereocenters. The molecule has 102 valence electrons. The Kier molecular flexibility index (Phi) is 5.25. The van der Waals surface area contributed by atoms with E-state index >= 15 is 0 Å². The maximum Gasteiger partial charge on any atom is 0.237 e. The van der Waals surface area contributed by atoms with Gasteiger partial charge in [-0.2, -0.15) is 0 Å². The molecule has 0 aliphatic heterocycles. The van der Waals surface area contributed by atoms with Crippen LogP contribution in [-0.4, -0.2) is 29.7 Å². The highest BCUT2D eigenvalue weighted by molar-refractivity contribution is 8.13. The van der Waals surface area contributed by atoms with Gasteiger partial charge in [-0.05, 0) is 12.1 Å². The second-order valence-electron chi connectivity index (χ2n) is 3.55. The third kappa shape index (κ3) is 3.76. The van der Waals surface area contributed by atoms with Crippen molar-refractivity contribution in [1.29, 1.82) is 0 Å². The molecule has 0 unspecified atom stereocenters. The number of rotatable bonds is 6. The van der Waals surface area contributed by atoms with Crippen LogP contribution >= 0.6 is 10.7 Å². The van der Waals surface area contributed by atoms with Gasteiger partial charge in [0, 0.05) is 23.4 Å². The summed E-state index contributed by atoms with van der Waals surface area (Å²) in [7, 11) is 6.04. The van der Waals surface area contributed by atoms with Gasteiger partial charge in [0.05, 0.1) is 32.1 Å². The van der Waals surface area contributed by atoms with Gasteiger partial charge < -0.3 is 14.2 Å². The Labute approximate surface area is 111 Å². The third-order valence-electron chi connectivity index (χ3n) is 2.34. The minimum Gasteiger partial charge on any atom is -0.496 e. The van der Waals surface area contributed by atoms with Crippen LogP contribution in [0.1, 0.15) is 11.1 Å². The molecule has 1 aromatic carbocycles. The Morgan fingerprint density at radius 3 is 2.28 bits per heavy atom. The first-order valence-corrected chi connectivity index (χ1v) is 7.54. The van der Waals surface area contributed by atoms with Crippen LogP contribution in [0.5, 0.6) is 11.5 Å². The van der Waals surface area contributed by atoms with Gasteiger partial charge in [-0.15, -0.1) is 0 Å². The number of hydrogen-bond acceptors (Lipinski definition) is 5. The lowest BCUT2D eigenvalue weighted by atomic mass is 10.1. The zero-order chi connectivity index (χ0) is 13.8. The van der Waals surface area contributed by atoms with E-state index in [9.17, 15) is 8.42 Å². The Morgan fingerprint density at radius 1 is 1.17 bits per heavy atom. The van der Waals surface area contributed by atoms with Gasteiger partial charge in [0.1, 0.15) is 11.5 Å². The fourth-order valence-corrected chi connectivity index (χ4v) is 2.63. The van der Waals surface area contributed by atoms with Crippen LogP contribution < -0.4 is 9.47 Å². The molecule has 0 heterocycles. The Morgan fingerprint density at radius 2 is 1.83 bits per heavy atom. The van der Waals surface area contributed by atoms with Crippen molar-refractivity contribution in [2.24, 2.45) is 0 Å². The molecule has 0 radical (unpaired) electrons. The van der Waals surface area contributed by atoms with E-state index in [4.69, 9.17) is 24.9 Å². The predicted molar refractivity (Wildman–Crippen MR) is 68.7 cm³/mol. The van der Waals surface area contributed by atoms with E-state index in [1.54, 1.807) is 19.2 Å². The van der Waals surface area contributed by atoms with Gasteiger partial charge in [0.2, 0.25) is 9.05 Å². The monoisotopic (exact) mass is 294 g/mol. The van der Waals surface area contributed by atoms with Crippen LogP contribution in [0.3, 0.4) is 0 Å². The average Bonchev–Trinajstić information content (AvgIpc) is 2.28. The Hall–Kier alpha value is -0.980. The molecule has 0 aromatic heterocycles. The molecule has 0 bridgehead atoms. The Bertz CT molecular complexity index is 512. The summed E-state index contributed by atoms with van der Waals surface area (Å²) in [6.07, 6.45) is 0. The van der Waals surface area contributed by atoms with E-state index in [1.807, 2.05) is 0 Å². The molecule has 0 spiro atoms. The van der Waals surface area contributed by atoms with E-state index in [2.05, 4.69) is 0 Å². The van der Waals surface area contributed by atoms with Crippen molar-refractivity contribution in [1.82, 2.24) is 0 Å². The molecular weight excluding hydrogens is 280 g/mol. The SMILES string of the molecule is COCc1ccc(OC)c(CS(=O)(=O)Cl)c1OC. The molecule has 7 heteroatoms. The van der Waals surface area contributed by atoms with Crippen molar-refractivity contribution in [2.75, 3.05) is 21.3 Å². The summed E-state index contributed by atoms with van der Waals surface area (Å²) in [4.78, 5) is 0. The summed E-state index contributed by atoms with van der Waals surface area (Å²) in [6.45, 7) is 0.308. The molecule has 0 fully saturated rings. The van der Waals surface area contributed by atoms with E-state index in [0.29, 0.717) is 23.7 Å².